The topological polar surface area (TPSA) is 80.7 Å². The number of hydrogen-bond donors (Lipinski definition) is 1. The van der Waals surface area contributed by atoms with Crippen LogP contribution in [0.5, 0.6) is 0 Å². The first-order chi connectivity index (χ1) is 11.7. The van der Waals surface area contributed by atoms with Crippen molar-refractivity contribution in [3.8, 4) is 23.9 Å². The quantitative estimate of drug-likeness (QED) is 0.746. The minimum absolute atomic E-state index is 0.181. The number of aromatic nitrogens is 4. The number of nitrogens with zero attached hydrogens (tertiary/aromatic N) is 4. The number of pyridine rings is 2. The summed E-state index contributed by atoms with van der Waals surface area (Å²) in [5, 5.41) is 2.74. The fourth-order valence-corrected chi connectivity index (χ4v) is 2.03. The van der Waals surface area contributed by atoms with E-state index in [-0.39, 0.29) is 12.3 Å². The van der Waals surface area contributed by atoms with Crippen LogP contribution in [-0.4, -0.2) is 25.8 Å². The molecule has 3 rings (SSSR count). The van der Waals surface area contributed by atoms with E-state index in [1.54, 1.807) is 42.9 Å². The predicted octanol–water partition coefficient (Wildman–Crippen LogP) is 2.10. The van der Waals surface area contributed by atoms with Crippen LogP contribution >= 0.6 is 0 Å². The van der Waals surface area contributed by atoms with Crippen LogP contribution in [-0.2, 0) is 11.2 Å². The standard InChI is InChI=1S/C18H13N5O/c1-2-14-7-6-13(12-21-14)11-17(24)22-16-8-10-20-18(23-16)15-5-3-4-9-19-15/h1,3-10,12H,11H2,(H,20,22,23,24). The lowest BCUT2D eigenvalue weighted by Gasteiger charge is -2.06. The third-order valence-electron chi connectivity index (χ3n) is 3.15. The van der Waals surface area contributed by atoms with Gasteiger partial charge in [-0.25, -0.2) is 15.0 Å². The van der Waals surface area contributed by atoms with Gasteiger partial charge in [0.1, 0.15) is 17.2 Å². The molecule has 1 N–H and O–H groups in total. The maximum atomic E-state index is 12.1. The minimum Gasteiger partial charge on any atom is -0.310 e. The van der Waals surface area contributed by atoms with Gasteiger partial charge in [-0.2, -0.15) is 0 Å². The van der Waals surface area contributed by atoms with E-state index >= 15 is 0 Å². The average Bonchev–Trinajstić information content (AvgIpc) is 2.63. The zero-order valence-corrected chi connectivity index (χ0v) is 12.7. The summed E-state index contributed by atoms with van der Waals surface area (Å²) in [5.74, 6) is 3.11. The summed E-state index contributed by atoms with van der Waals surface area (Å²) in [6.45, 7) is 0. The molecule has 0 saturated heterocycles. The van der Waals surface area contributed by atoms with Gasteiger partial charge in [0.15, 0.2) is 5.82 Å². The Hall–Kier alpha value is -3.59. The van der Waals surface area contributed by atoms with Gasteiger partial charge in [-0.15, -0.1) is 6.42 Å². The Kier molecular flexibility index (Phi) is 4.54. The highest BCUT2D eigenvalue weighted by Crippen LogP contribution is 2.13. The first-order valence-corrected chi connectivity index (χ1v) is 7.20. The largest absolute Gasteiger partial charge is 0.310 e. The molecule has 1 amide bonds. The molecule has 0 aliphatic heterocycles. The van der Waals surface area contributed by atoms with E-state index in [1.807, 2.05) is 12.1 Å². The van der Waals surface area contributed by atoms with E-state index in [2.05, 4.69) is 31.2 Å². The lowest BCUT2D eigenvalue weighted by Crippen LogP contribution is -2.15. The first kappa shape index (κ1) is 15.3. The molecule has 116 valence electrons. The van der Waals surface area contributed by atoms with Crippen LogP contribution in [0.1, 0.15) is 11.3 Å². The molecule has 0 aliphatic carbocycles. The summed E-state index contributed by atoms with van der Waals surface area (Å²) in [7, 11) is 0. The Labute approximate surface area is 139 Å². The van der Waals surface area contributed by atoms with Crippen LogP contribution < -0.4 is 5.32 Å². The molecule has 0 saturated carbocycles. The average molecular weight is 315 g/mol. The molecule has 6 nitrogen and oxygen atoms in total. The van der Waals surface area contributed by atoms with Crippen molar-refractivity contribution in [1.29, 1.82) is 0 Å². The van der Waals surface area contributed by atoms with Crippen molar-refractivity contribution in [2.45, 2.75) is 6.42 Å². The Morgan fingerprint density at radius 3 is 2.71 bits per heavy atom. The molecule has 24 heavy (non-hydrogen) atoms. The van der Waals surface area contributed by atoms with Crippen molar-refractivity contribution < 1.29 is 4.79 Å². The Morgan fingerprint density at radius 1 is 1.08 bits per heavy atom. The van der Waals surface area contributed by atoms with Crippen molar-refractivity contribution in [3.05, 3.63) is 66.2 Å². The van der Waals surface area contributed by atoms with E-state index in [0.29, 0.717) is 23.0 Å². The van der Waals surface area contributed by atoms with Crippen LogP contribution in [0.15, 0.2) is 55.0 Å². The molecule has 0 spiro atoms. The van der Waals surface area contributed by atoms with E-state index in [4.69, 9.17) is 6.42 Å². The van der Waals surface area contributed by atoms with E-state index in [0.717, 1.165) is 5.56 Å². The van der Waals surface area contributed by atoms with Crippen LogP contribution in [0.25, 0.3) is 11.5 Å². The zero-order chi connectivity index (χ0) is 16.8. The molecule has 0 aromatic carbocycles. The number of rotatable bonds is 4. The summed E-state index contributed by atoms with van der Waals surface area (Å²) in [6, 6.07) is 10.6. The molecule has 0 fully saturated rings. The van der Waals surface area contributed by atoms with Crippen LogP contribution in [0.2, 0.25) is 0 Å². The van der Waals surface area contributed by atoms with Gasteiger partial charge >= 0.3 is 0 Å². The number of hydrogen-bond acceptors (Lipinski definition) is 5. The maximum Gasteiger partial charge on any atom is 0.230 e. The van der Waals surface area contributed by atoms with Gasteiger partial charge < -0.3 is 5.32 Å². The fourth-order valence-electron chi connectivity index (χ4n) is 2.03. The Balaban J connectivity index is 1.69. The lowest BCUT2D eigenvalue weighted by atomic mass is 10.2. The first-order valence-electron chi connectivity index (χ1n) is 7.20. The Bertz CT molecular complexity index is 885. The number of terminal acetylenes is 1. The van der Waals surface area contributed by atoms with Crippen LogP contribution in [0.4, 0.5) is 5.82 Å². The minimum atomic E-state index is -0.198. The summed E-state index contributed by atoms with van der Waals surface area (Å²) in [4.78, 5) is 28.9. The SMILES string of the molecule is C#Cc1ccc(CC(=O)Nc2ccnc(-c3ccccn3)n2)cn1. The number of carbonyl (C=O) groups excluding carboxylic acids is 1. The molecule has 0 radical (unpaired) electrons. The number of carbonyl (C=O) groups is 1. The third-order valence-corrected chi connectivity index (χ3v) is 3.15. The molecule has 6 heteroatoms. The molecule has 0 atom stereocenters. The van der Waals surface area contributed by atoms with E-state index in [9.17, 15) is 4.79 Å². The molecule has 3 aromatic heterocycles. The highest BCUT2D eigenvalue weighted by Gasteiger charge is 2.08. The number of anilines is 1. The molecular formula is C18H13N5O. The van der Waals surface area contributed by atoms with Gasteiger partial charge in [-0.1, -0.05) is 18.1 Å². The fraction of sp³-hybridized carbons (Fsp3) is 0.0556. The van der Waals surface area contributed by atoms with Crippen molar-refractivity contribution in [3.63, 3.8) is 0 Å². The molecule has 3 heterocycles. The van der Waals surface area contributed by atoms with Crippen molar-refractivity contribution in [1.82, 2.24) is 19.9 Å². The summed E-state index contributed by atoms with van der Waals surface area (Å²) in [6.07, 6.45) is 10.3. The van der Waals surface area contributed by atoms with Gasteiger partial charge in [0.05, 0.1) is 6.42 Å². The van der Waals surface area contributed by atoms with Gasteiger partial charge in [0.25, 0.3) is 0 Å². The smallest absolute Gasteiger partial charge is 0.230 e. The van der Waals surface area contributed by atoms with Crippen LogP contribution in [0.3, 0.4) is 0 Å². The van der Waals surface area contributed by atoms with Crippen molar-refractivity contribution in [2.75, 3.05) is 5.32 Å². The molecule has 0 unspecified atom stereocenters. The van der Waals surface area contributed by atoms with Gasteiger partial charge in [0, 0.05) is 18.6 Å². The van der Waals surface area contributed by atoms with E-state index in [1.165, 1.54) is 0 Å². The summed E-state index contributed by atoms with van der Waals surface area (Å²) >= 11 is 0. The normalized spacial score (nSPS) is 9.96. The Morgan fingerprint density at radius 2 is 2.00 bits per heavy atom. The molecule has 3 aromatic rings. The van der Waals surface area contributed by atoms with Crippen LogP contribution in [0, 0.1) is 12.3 Å². The van der Waals surface area contributed by atoms with Gasteiger partial charge in [0.2, 0.25) is 5.91 Å². The van der Waals surface area contributed by atoms with Crippen molar-refractivity contribution in [2.24, 2.45) is 0 Å². The number of amides is 1. The molecular weight excluding hydrogens is 302 g/mol. The second-order valence-electron chi connectivity index (χ2n) is 4.90. The third kappa shape index (κ3) is 3.78. The molecule has 0 bridgehead atoms. The summed E-state index contributed by atoms with van der Waals surface area (Å²) in [5.41, 5.74) is 1.95. The molecule has 0 aliphatic rings. The highest BCUT2D eigenvalue weighted by molar-refractivity contribution is 5.91. The lowest BCUT2D eigenvalue weighted by molar-refractivity contribution is -0.115. The van der Waals surface area contributed by atoms with Crippen molar-refractivity contribution >= 4 is 11.7 Å². The zero-order valence-electron chi connectivity index (χ0n) is 12.7. The van der Waals surface area contributed by atoms with E-state index < -0.39 is 0 Å². The van der Waals surface area contributed by atoms with Gasteiger partial charge in [-0.05, 0) is 29.8 Å². The van der Waals surface area contributed by atoms with Gasteiger partial charge in [-0.3, -0.25) is 9.78 Å². The predicted molar refractivity (Wildman–Crippen MR) is 89.8 cm³/mol. The maximum absolute atomic E-state index is 12.1. The highest BCUT2D eigenvalue weighted by atomic mass is 16.1. The second-order valence-corrected chi connectivity index (χ2v) is 4.90. The summed E-state index contributed by atoms with van der Waals surface area (Å²) < 4.78 is 0. The second kappa shape index (κ2) is 7.11. The number of nitrogens with one attached hydrogen (secondary N) is 1. The monoisotopic (exact) mass is 315 g/mol.